The van der Waals surface area contributed by atoms with Gasteiger partial charge in [0.05, 0.1) is 11.6 Å². The van der Waals surface area contributed by atoms with Crippen LogP contribution in [0.1, 0.15) is 19.0 Å². The second-order valence-corrected chi connectivity index (χ2v) is 4.82. The van der Waals surface area contributed by atoms with Gasteiger partial charge in [0.2, 0.25) is 0 Å². The summed E-state index contributed by atoms with van der Waals surface area (Å²) in [6, 6.07) is 4.41. The quantitative estimate of drug-likeness (QED) is 0.735. The molecule has 0 aliphatic rings. The monoisotopic (exact) mass is 259 g/mol. The number of thioether (sulfide) groups is 1. The molecule has 0 saturated heterocycles. The topological polar surface area (TPSA) is 29.0 Å². The van der Waals surface area contributed by atoms with Crippen molar-refractivity contribution in [2.24, 2.45) is 0 Å². The Bertz CT molecular complexity index is 305. The molecule has 90 valence electrons. The van der Waals surface area contributed by atoms with Crippen molar-refractivity contribution in [3.05, 3.63) is 17.8 Å². The minimum Gasteiger partial charge on any atom is -0.354 e. The number of hydrogen-bond acceptors (Lipinski definition) is 4. The summed E-state index contributed by atoms with van der Waals surface area (Å²) in [6.07, 6.45) is 3.23. The zero-order valence-electron chi connectivity index (χ0n) is 9.98. The normalized spacial score (nSPS) is 12.5. The fraction of sp³-hybridized carbons (Fsp3) is 0.636. The van der Waals surface area contributed by atoms with Crippen molar-refractivity contribution in [3.63, 3.8) is 0 Å². The summed E-state index contributed by atoms with van der Waals surface area (Å²) in [4.78, 5) is 2.18. The van der Waals surface area contributed by atoms with Gasteiger partial charge in [-0.1, -0.05) is 6.92 Å². The van der Waals surface area contributed by atoms with Gasteiger partial charge < -0.3 is 4.90 Å². The average molecular weight is 260 g/mol. The third-order valence-electron chi connectivity index (χ3n) is 2.58. The molecule has 1 heterocycles. The van der Waals surface area contributed by atoms with Crippen LogP contribution in [0.2, 0.25) is 0 Å². The molecule has 0 aromatic carbocycles. The maximum Gasteiger partial charge on any atom is 0.151 e. The van der Waals surface area contributed by atoms with Gasteiger partial charge in [0.25, 0.3) is 0 Å². The van der Waals surface area contributed by atoms with Crippen LogP contribution in [0.25, 0.3) is 0 Å². The fourth-order valence-corrected chi connectivity index (χ4v) is 2.48. The van der Waals surface area contributed by atoms with Crippen molar-refractivity contribution in [2.75, 3.05) is 24.0 Å². The van der Waals surface area contributed by atoms with Crippen LogP contribution in [-0.4, -0.2) is 35.3 Å². The zero-order valence-corrected chi connectivity index (χ0v) is 11.6. The summed E-state index contributed by atoms with van der Waals surface area (Å²) in [5, 5.41) is 8.25. The second kappa shape index (κ2) is 6.97. The van der Waals surface area contributed by atoms with Crippen LogP contribution in [0.3, 0.4) is 0 Å². The minimum atomic E-state index is 0.416. The molecule has 1 atom stereocenters. The smallest absolute Gasteiger partial charge is 0.151 e. The molecule has 0 aliphatic heterocycles. The van der Waals surface area contributed by atoms with Crippen molar-refractivity contribution >= 4 is 29.2 Å². The Balaban J connectivity index is 2.73. The Morgan fingerprint density at radius 2 is 2.19 bits per heavy atom. The van der Waals surface area contributed by atoms with Crippen molar-refractivity contribution in [1.82, 2.24) is 10.2 Å². The predicted octanol–water partition coefficient (Wildman–Crippen LogP) is 2.79. The molecule has 0 amide bonds. The Morgan fingerprint density at radius 3 is 2.62 bits per heavy atom. The summed E-state index contributed by atoms with van der Waals surface area (Å²) in [7, 11) is 2.06. The van der Waals surface area contributed by atoms with Crippen LogP contribution < -0.4 is 4.90 Å². The number of alkyl halides is 1. The van der Waals surface area contributed by atoms with Crippen LogP contribution in [-0.2, 0) is 5.88 Å². The van der Waals surface area contributed by atoms with E-state index in [1.165, 1.54) is 0 Å². The van der Waals surface area contributed by atoms with Gasteiger partial charge in [-0.05, 0) is 24.8 Å². The molecule has 0 radical (unpaired) electrons. The summed E-state index contributed by atoms with van der Waals surface area (Å²) in [5.74, 6) is 2.43. The number of halogens is 1. The molecule has 1 rings (SSSR count). The van der Waals surface area contributed by atoms with Crippen LogP contribution in [0.5, 0.6) is 0 Å². The first-order valence-electron chi connectivity index (χ1n) is 5.33. The van der Waals surface area contributed by atoms with Crippen molar-refractivity contribution in [3.8, 4) is 0 Å². The van der Waals surface area contributed by atoms with E-state index >= 15 is 0 Å². The van der Waals surface area contributed by atoms with E-state index in [1.54, 1.807) is 0 Å². The van der Waals surface area contributed by atoms with Gasteiger partial charge in [0, 0.05) is 18.8 Å². The first-order valence-corrected chi connectivity index (χ1v) is 7.26. The van der Waals surface area contributed by atoms with Gasteiger partial charge >= 0.3 is 0 Å². The molecule has 0 bridgehead atoms. The molecule has 1 aromatic rings. The van der Waals surface area contributed by atoms with Gasteiger partial charge in [0.1, 0.15) is 0 Å². The van der Waals surface area contributed by atoms with E-state index in [9.17, 15) is 0 Å². The van der Waals surface area contributed by atoms with Gasteiger partial charge in [0.15, 0.2) is 5.82 Å². The lowest BCUT2D eigenvalue weighted by Crippen LogP contribution is -2.33. The molecular formula is C11H18ClN3S. The Kier molecular flexibility index (Phi) is 5.91. The Labute approximate surface area is 107 Å². The standard InChI is InChI=1S/C11H18ClN3S/c1-4-10(8-16-3)15(2)11-6-5-9(7-12)13-14-11/h5-6,10H,4,7-8H2,1-3H3. The molecule has 0 aliphatic carbocycles. The third kappa shape index (κ3) is 3.52. The first kappa shape index (κ1) is 13.6. The second-order valence-electron chi connectivity index (χ2n) is 3.64. The van der Waals surface area contributed by atoms with Crippen molar-refractivity contribution < 1.29 is 0 Å². The number of rotatable bonds is 6. The van der Waals surface area contributed by atoms with Crippen LogP contribution >= 0.6 is 23.4 Å². The van der Waals surface area contributed by atoms with E-state index < -0.39 is 0 Å². The van der Waals surface area contributed by atoms with E-state index in [4.69, 9.17) is 11.6 Å². The highest BCUT2D eigenvalue weighted by atomic mass is 35.5. The number of aromatic nitrogens is 2. The van der Waals surface area contributed by atoms with Crippen LogP contribution in [0, 0.1) is 0 Å². The number of nitrogens with zero attached hydrogens (tertiary/aromatic N) is 3. The van der Waals surface area contributed by atoms with E-state index in [-0.39, 0.29) is 0 Å². The van der Waals surface area contributed by atoms with Crippen LogP contribution in [0.4, 0.5) is 5.82 Å². The molecule has 1 unspecified atom stereocenters. The summed E-state index contributed by atoms with van der Waals surface area (Å²) in [6.45, 7) is 2.19. The lowest BCUT2D eigenvalue weighted by Gasteiger charge is -2.27. The zero-order chi connectivity index (χ0) is 12.0. The number of anilines is 1. The van der Waals surface area contributed by atoms with Gasteiger partial charge in [-0.3, -0.25) is 0 Å². The summed E-state index contributed by atoms with van der Waals surface area (Å²) >= 11 is 7.53. The van der Waals surface area contributed by atoms with Gasteiger partial charge in [-0.25, -0.2) is 0 Å². The van der Waals surface area contributed by atoms with Crippen LogP contribution in [0.15, 0.2) is 12.1 Å². The summed E-state index contributed by atoms with van der Waals surface area (Å²) in [5.41, 5.74) is 0.816. The molecule has 3 nitrogen and oxygen atoms in total. The lowest BCUT2D eigenvalue weighted by molar-refractivity contribution is 0.660. The summed E-state index contributed by atoms with van der Waals surface area (Å²) < 4.78 is 0. The largest absolute Gasteiger partial charge is 0.354 e. The van der Waals surface area contributed by atoms with Crippen molar-refractivity contribution in [1.29, 1.82) is 0 Å². The van der Waals surface area contributed by atoms with Gasteiger partial charge in [-0.2, -0.15) is 16.9 Å². The highest BCUT2D eigenvalue weighted by Crippen LogP contribution is 2.16. The Hall–Kier alpha value is -0.480. The average Bonchev–Trinajstić information content (AvgIpc) is 2.35. The number of hydrogen-bond donors (Lipinski definition) is 0. The molecule has 1 aromatic heterocycles. The molecular weight excluding hydrogens is 242 g/mol. The van der Waals surface area contributed by atoms with E-state index in [0.29, 0.717) is 11.9 Å². The highest BCUT2D eigenvalue weighted by molar-refractivity contribution is 7.98. The van der Waals surface area contributed by atoms with E-state index in [2.05, 4.69) is 35.3 Å². The molecule has 5 heteroatoms. The first-order chi connectivity index (χ1) is 7.72. The molecule has 16 heavy (non-hydrogen) atoms. The highest BCUT2D eigenvalue weighted by Gasteiger charge is 2.13. The van der Waals surface area contributed by atoms with E-state index in [1.807, 2.05) is 23.9 Å². The van der Waals surface area contributed by atoms with E-state index in [0.717, 1.165) is 23.7 Å². The molecule has 0 saturated carbocycles. The maximum atomic E-state index is 5.68. The minimum absolute atomic E-state index is 0.416. The fourth-order valence-electron chi connectivity index (χ4n) is 1.50. The third-order valence-corrected chi connectivity index (χ3v) is 3.57. The predicted molar refractivity (Wildman–Crippen MR) is 72.5 cm³/mol. The van der Waals surface area contributed by atoms with Gasteiger partial charge in [-0.15, -0.1) is 16.7 Å². The molecule has 0 fully saturated rings. The molecule has 0 N–H and O–H groups in total. The molecule has 0 spiro atoms. The SMILES string of the molecule is CCC(CSC)N(C)c1ccc(CCl)nn1. The maximum absolute atomic E-state index is 5.68. The van der Waals surface area contributed by atoms with Crippen molar-refractivity contribution in [2.45, 2.75) is 25.3 Å². The Morgan fingerprint density at radius 1 is 1.44 bits per heavy atom. The lowest BCUT2D eigenvalue weighted by atomic mass is 10.2.